The van der Waals surface area contributed by atoms with E-state index in [1.54, 1.807) is 0 Å². The number of carboxylic acid groups (broad SMARTS) is 1. The van der Waals surface area contributed by atoms with Crippen LogP contribution in [0.25, 0.3) is 0 Å². The molecule has 0 fully saturated rings. The number of hydrogen-bond acceptors (Lipinski definition) is 2. The van der Waals surface area contributed by atoms with Gasteiger partial charge >= 0.3 is 5.97 Å². The summed E-state index contributed by atoms with van der Waals surface area (Å²) in [7, 11) is 0. The van der Waals surface area contributed by atoms with Gasteiger partial charge in [0, 0.05) is 13.0 Å². The van der Waals surface area contributed by atoms with Crippen LogP contribution in [0.1, 0.15) is 66.2 Å². The first kappa shape index (κ1) is 19.5. The van der Waals surface area contributed by atoms with Crippen molar-refractivity contribution in [2.45, 2.75) is 66.2 Å². The molecular weight excluding hydrogens is 228 g/mol. The van der Waals surface area contributed by atoms with E-state index in [2.05, 4.69) is 26.8 Å². The first-order valence-electron chi connectivity index (χ1n) is 6.90. The predicted molar refractivity (Wildman–Crippen MR) is 76.7 cm³/mol. The molecule has 0 aliphatic carbocycles. The van der Waals surface area contributed by atoms with Gasteiger partial charge in [0.05, 0.1) is 0 Å². The fraction of sp³-hybridized carbons (Fsp3) is 0.800. The Bertz CT molecular complexity index is 218. The Kier molecular flexibility index (Phi) is 15.4. The van der Waals surface area contributed by atoms with Crippen LogP contribution < -0.4 is 0 Å². The Morgan fingerprint density at radius 2 is 1.89 bits per heavy atom. The summed E-state index contributed by atoms with van der Waals surface area (Å²) in [6.07, 6.45) is 7.64. The molecule has 0 saturated carbocycles. The lowest BCUT2D eigenvalue weighted by Gasteiger charge is -2.06. The summed E-state index contributed by atoms with van der Waals surface area (Å²) in [5, 5.41) is 16.7. The number of hydrogen-bond donors (Lipinski definition) is 2. The van der Waals surface area contributed by atoms with Crippen LogP contribution in [0.15, 0.2) is 11.6 Å². The van der Waals surface area contributed by atoms with Crippen LogP contribution in [-0.4, -0.2) is 22.8 Å². The number of aliphatic carboxylic acids is 1. The highest BCUT2D eigenvalue weighted by Crippen LogP contribution is 2.10. The molecule has 0 aromatic rings. The smallest absolute Gasteiger partial charge is 0.303 e. The van der Waals surface area contributed by atoms with Crippen molar-refractivity contribution in [3.05, 3.63) is 11.6 Å². The number of carboxylic acids is 1. The maximum absolute atomic E-state index is 9.76. The van der Waals surface area contributed by atoms with Crippen molar-refractivity contribution >= 4 is 5.97 Å². The maximum Gasteiger partial charge on any atom is 0.303 e. The van der Waals surface area contributed by atoms with Gasteiger partial charge < -0.3 is 10.2 Å². The van der Waals surface area contributed by atoms with Crippen molar-refractivity contribution in [3.63, 3.8) is 0 Å². The number of aliphatic hydroxyl groups excluding tert-OH is 1. The zero-order valence-corrected chi connectivity index (χ0v) is 12.4. The largest absolute Gasteiger partial charge is 0.481 e. The molecule has 1 unspecified atom stereocenters. The number of allylic oxidation sites excluding steroid dienone is 2. The van der Waals surface area contributed by atoms with Crippen LogP contribution >= 0.6 is 0 Å². The molecule has 2 N–H and O–H groups in total. The molecule has 0 aliphatic heterocycles. The summed E-state index contributed by atoms with van der Waals surface area (Å²) in [6.45, 7) is 8.74. The molecule has 0 aromatic carbocycles. The summed E-state index contributed by atoms with van der Waals surface area (Å²) in [4.78, 5) is 9.76. The Labute approximate surface area is 112 Å². The molecule has 1 atom stereocenters. The second-order valence-corrected chi connectivity index (χ2v) is 4.97. The molecule has 0 radical (unpaired) electrons. The monoisotopic (exact) mass is 258 g/mol. The van der Waals surface area contributed by atoms with Gasteiger partial charge in [0.15, 0.2) is 0 Å². The van der Waals surface area contributed by atoms with Crippen LogP contribution in [0, 0.1) is 5.92 Å². The third kappa shape index (κ3) is 20.6. The third-order valence-corrected chi connectivity index (χ3v) is 2.58. The first-order chi connectivity index (χ1) is 8.43. The van der Waals surface area contributed by atoms with Gasteiger partial charge in [0.25, 0.3) is 0 Å². The standard InChI is InChI=1S/C10H20O.C5H10O2/c1-9(2)5-4-6-10(3)7-8-11;1-2-3-4-5(6)7/h5,10-11H,4,6-8H2,1-3H3;2-4H2,1H3,(H,6,7). The number of carbonyl (C=O) groups is 1. The summed E-state index contributed by atoms with van der Waals surface area (Å²) >= 11 is 0. The van der Waals surface area contributed by atoms with Crippen molar-refractivity contribution in [3.8, 4) is 0 Å². The molecule has 18 heavy (non-hydrogen) atoms. The zero-order chi connectivity index (χ0) is 14.4. The van der Waals surface area contributed by atoms with Crippen molar-refractivity contribution < 1.29 is 15.0 Å². The molecule has 0 saturated heterocycles. The van der Waals surface area contributed by atoms with Gasteiger partial charge in [-0.05, 0) is 45.4 Å². The van der Waals surface area contributed by atoms with E-state index < -0.39 is 5.97 Å². The lowest BCUT2D eigenvalue weighted by molar-refractivity contribution is -0.137. The van der Waals surface area contributed by atoms with Gasteiger partial charge in [-0.1, -0.05) is 31.9 Å². The lowest BCUT2D eigenvalue weighted by Crippen LogP contribution is -1.96. The average Bonchev–Trinajstić information content (AvgIpc) is 2.27. The van der Waals surface area contributed by atoms with Gasteiger partial charge in [-0.25, -0.2) is 0 Å². The molecule has 0 aromatic heterocycles. The molecule has 0 rings (SSSR count). The second kappa shape index (κ2) is 14.2. The highest BCUT2D eigenvalue weighted by molar-refractivity contribution is 5.66. The molecule has 0 aliphatic rings. The van der Waals surface area contributed by atoms with E-state index in [1.807, 2.05) is 6.92 Å². The van der Waals surface area contributed by atoms with E-state index in [4.69, 9.17) is 10.2 Å². The lowest BCUT2D eigenvalue weighted by atomic mass is 10.0. The van der Waals surface area contributed by atoms with Crippen molar-refractivity contribution in [1.82, 2.24) is 0 Å². The van der Waals surface area contributed by atoms with E-state index in [1.165, 1.54) is 12.0 Å². The van der Waals surface area contributed by atoms with E-state index in [-0.39, 0.29) is 0 Å². The minimum Gasteiger partial charge on any atom is -0.481 e. The van der Waals surface area contributed by atoms with Crippen LogP contribution in [0.3, 0.4) is 0 Å². The third-order valence-electron chi connectivity index (χ3n) is 2.58. The zero-order valence-electron chi connectivity index (χ0n) is 12.4. The molecule has 3 nitrogen and oxygen atoms in total. The highest BCUT2D eigenvalue weighted by atomic mass is 16.4. The Morgan fingerprint density at radius 3 is 2.22 bits per heavy atom. The molecule has 108 valence electrons. The summed E-state index contributed by atoms with van der Waals surface area (Å²) < 4.78 is 0. The summed E-state index contributed by atoms with van der Waals surface area (Å²) in [5.74, 6) is -0.0301. The quantitative estimate of drug-likeness (QED) is 0.647. The highest BCUT2D eigenvalue weighted by Gasteiger charge is 1.98. The van der Waals surface area contributed by atoms with Crippen LogP contribution in [0.2, 0.25) is 0 Å². The molecular formula is C15H30O3. The van der Waals surface area contributed by atoms with Gasteiger partial charge in [-0.3, -0.25) is 4.79 Å². The fourth-order valence-corrected chi connectivity index (χ4v) is 1.35. The normalized spacial score (nSPS) is 11.2. The predicted octanol–water partition coefficient (Wildman–Crippen LogP) is 4.01. The minimum absolute atomic E-state index is 0.316. The molecule has 3 heteroatoms. The minimum atomic E-state index is -0.693. The second-order valence-electron chi connectivity index (χ2n) is 4.97. The van der Waals surface area contributed by atoms with Gasteiger partial charge in [-0.2, -0.15) is 0 Å². The van der Waals surface area contributed by atoms with Gasteiger partial charge in [0.2, 0.25) is 0 Å². The van der Waals surface area contributed by atoms with E-state index in [9.17, 15) is 4.79 Å². The fourth-order valence-electron chi connectivity index (χ4n) is 1.35. The molecule has 0 bridgehead atoms. The number of rotatable bonds is 8. The number of unbranched alkanes of at least 4 members (excludes halogenated alkanes) is 1. The average molecular weight is 258 g/mol. The van der Waals surface area contributed by atoms with Gasteiger partial charge in [-0.15, -0.1) is 0 Å². The first-order valence-corrected chi connectivity index (χ1v) is 6.90. The Balaban J connectivity index is 0. The summed E-state index contributed by atoms with van der Waals surface area (Å²) in [6, 6.07) is 0. The maximum atomic E-state index is 9.76. The Hall–Kier alpha value is -0.830. The Morgan fingerprint density at radius 1 is 1.28 bits per heavy atom. The van der Waals surface area contributed by atoms with E-state index >= 15 is 0 Å². The molecule has 0 heterocycles. The van der Waals surface area contributed by atoms with Crippen molar-refractivity contribution in [2.24, 2.45) is 5.92 Å². The SMILES string of the molecule is CC(C)=CCCC(C)CCO.CCCCC(=O)O. The van der Waals surface area contributed by atoms with E-state index in [0.29, 0.717) is 18.9 Å². The van der Waals surface area contributed by atoms with Crippen LogP contribution in [0.4, 0.5) is 0 Å². The van der Waals surface area contributed by atoms with Crippen LogP contribution in [0.5, 0.6) is 0 Å². The molecule has 0 spiro atoms. The number of aliphatic hydroxyl groups is 1. The van der Waals surface area contributed by atoms with Crippen LogP contribution in [-0.2, 0) is 4.79 Å². The molecule has 0 amide bonds. The van der Waals surface area contributed by atoms with E-state index in [0.717, 1.165) is 25.7 Å². The summed E-state index contributed by atoms with van der Waals surface area (Å²) in [5.41, 5.74) is 1.39. The van der Waals surface area contributed by atoms with Crippen molar-refractivity contribution in [1.29, 1.82) is 0 Å². The van der Waals surface area contributed by atoms with Crippen molar-refractivity contribution in [2.75, 3.05) is 6.61 Å². The topological polar surface area (TPSA) is 57.5 Å². The van der Waals surface area contributed by atoms with Gasteiger partial charge in [0.1, 0.15) is 0 Å².